The van der Waals surface area contributed by atoms with Crippen LogP contribution in [-0.2, 0) is 19.6 Å². The third-order valence-electron chi connectivity index (χ3n) is 2.79. The Bertz CT molecular complexity index is 484. The van der Waals surface area contributed by atoms with Crippen molar-refractivity contribution in [3.05, 3.63) is 59.7 Å². The van der Waals surface area contributed by atoms with Gasteiger partial charge in [-0.1, -0.05) is 12.1 Å². The van der Waals surface area contributed by atoms with Gasteiger partial charge in [0.25, 0.3) is 0 Å². The average molecular weight is 242 g/mol. The molecule has 0 saturated carbocycles. The molecule has 18 heavy (non-hydrogen) atoms. The van der Waals surface area contributed by atoms with Gasteiger partial charge in [-0.25, -0.2) is 0 Å². The lowest BCUT2D eigenvalue weighted by atomic mass is 10.1. The molecule has 2 rings (SSSR count). The van der Waals surface area contributed by atoms with E-state index < -0.39 is 0 Å². The minimum atomic E-state index is 0.483. The molecule has 2 N–H and O–H groups in total. The highest BCUT2D eigenvalue weighted by molar-refractivity contribution is 5.19. The average Bonchev–Trinajstić information content (AvgIpc) is 2.40. The molecule has 0 aromatic carbocycles. The van der Waals surface area contributed by atoms with Crippen LogP contribution in [0.25, 0.3) is 0 Å². The van der Waals surface area contributed by atoms with E-state index in [0.29, 0.717) is 6.54 Å². The highest BCUT2D eigenvalue weighted by Crippen LogP contribution is 2.10. The Hall–Kier alpha value is -1.78. The largest absolute Gasteiger partial charge is 0.325 e. The van der Waals surface area contributed by atoms with E-state index in [1.807, 2.05) is 18.3 Å². The van der Waals surface area contributed by atoms with Crippen molar-refractivity contribution in [3.8, 4) is 0 Å². The van der Waals surface area contributed by atoms with E-state index in [1.54, 1.807) is 12.4 Å². The van der Waals surface area contributed by atoms with Gasteiger partial charge in [-0.2, -0.15) is 0 Å². The highest BCUT2D eigenvalue weighted by atomic mass is 15.1. The summed E-state index contributed by atoms with van der Waals surface area (Å²) in [4.78, 5) is 10.6. The zero-order valence-corrected chi connectivity index (χ0v) is 10.6. The van der Waals surface area contributed by atoms with Gasteiger partial charge in [-0.15, -0.1) is 0 Å². The fourth-order valence-electron chi connectivity index (χ4n) is 1.95. The van der Waals surface area contributed by atoms with Crippen LogP contribution in [0.1, 0.15) is 16.8 Å². The van der Waals surface area contributed by atoms with Crippen molar-refractivity contribution in [1.29, 1.82) is 0 Å². The Labute approximate surface area is 107 Å². The number of hydrogen-bond acceptors (Lipinski definition) is 4. The molecule has 4 heteroatoms. The number of aromatic nitrogens is 2. The molecule has 2 heterocycles. The summed E-state index contributed by atoms with van der Waals surface area (Å²) in [6, 6.07) is 8.07. The van der Waals surface area contributed by atoms with Crippen LogP contribution in [0.4, 0.5) is 0 Å². The second kappa shape index (κ2) is 6.23. The Morgan fingerprint density at radius 2 is 2.00 bits per heavy atom. The van der Waals surface area contributed by atoms with E-state index in [4.69, 9.17) is 5.73 Å². The van der Waals surface area contributed by atoms with E-state index in [2.05, 4.69) is 34.0 Å². The fraction of sp³-hybridized carbons (Fsp3) is 0.286. The molecule has 0 amide bonds. The maximum Gasteiger partial charge on any atom is 0.0584 e. The zero-order valence-electron chi connectivity index (χ0n) is 10.6. The van der Waals surface area contributed by atoms with Crippen molar-refractivity contribution >= 4 is 0 Å². The van der Waals surface area contributed by atoms with Crippen LogP contribution < -0.4 is 5.73 Å². The maximum atomic E-state index is 5.69. The van der Waals surface area contributed by atoms with Crippen molar-refractivity contribution in [3.63, 3.8) is 0 Å². The van der Waals surface area contributed by atoms with Crippen molar-refractivity contribution < 1.29 is 0 Å². The molecule has 2 aromatic heterocycles. The van der Waals surface area contributed by atoms with Gasteiger partial charge < -0.3 is 5.73 Å². The van der Waals surface area contributed by atoms with Crippen molar-refractivity contribution in [2.24, 2.45) is 5.73 Å². The fourth-order valence-corrected chi connectivity index (χ4v) is 1.95. The lowest BCUT2D eigenvalue weighted by Crippen LogP contribution is -2.19. The second-order valence-corrected chi connectivity index (χ2v) is 4.35. The molecular weight excluding hydrogens is 224 g/mol. The van der Waals surface area contributed by atoms with Gasteiger partial charge in [-0.05, 0) is 30.3 Å². The van der Waals surface area contributed by atoms with Gasteiger partial charge in [0.1, 0.15) is 0 Å². The number of hydrogen-bond donors (Lipinski definition) is 1. The van der Waals surface area contributed by atoms with Crippen LogP contribution in [0.3, 0.4) is 0 Å². The molecule has 0 fully saturated rings. The Balaban J connectivity index is 2.01. The van der Waals surface area contributed by atoms with Gasteiger partial charge in [-0.3, -0.25) is 14.9 Å². The van der Waals surface area contributed by atoms with Crippen LogP contribution in [0.15, 0.2) is 42.9 Å². The lowest BCUT2D eigenvalue weighted by molar-refractivity contribution is 0.317. The van der Waals surface area contributed by atoms with Crippen molar-refractivity contribution in [1.82, 2.24) is 14.9 Å². The number of nitrogens with two attached hydrogens (primary N) is 1. The first-order valence-electron chi connectivity index (χ1n) is 6.00. The van der Waals surface area contributed by atoms with Crippen molar-refractivity contribution in [2.75, 3.05) is 7.05 Å². The summed E-state index contributed by atoms with van der Waals surface area (Å²) in [7, 11) is 2.08. The Kier molecular flexibility index (Phi) is 4.39. The third kappa shape index (κ3) is 3.35. The molecule has 0 atom stereocenters. The standard InChI is InChI=1S/C14H18N4/c1-18(10-12-4-2-6-16-9-12)11-13-5-3-7-17-14(13)8-15/h2-7,9H,8,10-11,15H2,1H3. The predicted octanol–water partition coefficient (Wildman–Crippen LogP) is 1.57. The summed E-state index contributed by atoms with van der Waals surface area (Å²) >= 11 is 0. The van der Waals surface area contributed by atoms with Crippen LogP contribution in [-0.4, -0.2) is 21.9 Å². The van der Waals surface area contributed by atoms with Crippen LogP contribution in [0.2, 0.25) is 0 Å². The van der Waals surface area contributed by atoms with E-state index in [1.165, 1.54) is 11.1 Å². The molecule has 0 radical (unpaired) electrons. The second-order valence-electron chi connectivity index (χ2n) is 4.35. The summed E-state index contributed by atoms with van der Waals surface area (Å²) in [6.45, 7) is 2.19. The first-order valence-corrected chi connectivity index (χ1v) is 6.00. The normalized spacial score (nSPS) is 10.8. The van der Waals surface area contributed by atoms with Gasteiger partial charge in [0.05, 0.1) is 5.69 Å². The minimum absolute atomic E-state index is 0.483. The zero-order chi connectivity index (χ0) is 12.8. The molecule has 0 bridgehead atoms. The molecule has 0 unspecified atom stereocenters. The molecule has 0 aliphatic carbocycles. The summed E-state index contributed by atoms with van der Waals surface area (Å²) in [6.07, 6.45) is 5.47. The van der Waals surface area contributed by atoms with Crippen molar-refractivity contribution in [2.45, 2.75) is 19.6 Å². The number of nitrogens with zero attached hydrogens (tertiary/aromatic N) is 3. The molecule has 0 saturated heterocycles. The molecule has 94 valence electrons. The van der Waals surface area contributed by atoms with Gasteiger partial charge in [0, 0.05) is 38.2 Å². The van der Waals surface area contributed by atoms with Crippen LogP contribution in [0.5, 0.6) is 0 Å². The Morgan fingerprint density at radius 3 is 2.72 bits per heavy atom. The van der Waals surface area contributed by atoms with Gasteiger partial charge >= 0.3 is 0 Å². The molecular formula is C14H18N4. The third-order valence-corrected chi connectivity index (χ3v) is 2.79. The number of rotatable bonds is 5. The molecule has 0 aliphatic rings. The predicted molar refractivity (Wildman–Crippen MR) is 71.5 cm³/mol. The van der Waals surface area contributed by atoms with Crippen LogP contribution in [0, 0.1) is 0 Å². The lowest BCUT2D eigenvalue weighted by Gasteiger charge is -2.17. The topological polar surface area (TPSA) is 55.0 Å². The molecule has 2 aromatic rings. The highest BCUT2D eigenvalue weighted by Gasteiger charge is 2.06. The molecule has 0 spiro atoms. The summed E-state index contributed by atoms with van der Waals surface area (Å²) in [5.41, 5.74) is 9.05. The smallest absolute Gasteiger partial charge is 0.0584 e. The number of pyridine rings is 2. The van der Waals surface area contributed by atoms with E-state index in [-0.39, 0.29) is 0 Å². The molecule has 4 nitrogen and oxygen atoms in total. The SMILES string of the molecule is CN(Cc1cccnc1)Cc1cccnc1CN. The summed E-state index contributed by atoms with van der Waals surface area (Å²) in [5, 5.41) is 0. The monoisotopic (exact) mass is 242 g/mol. The van der Waals surface area contributed by atoms with Gasteiger partial charge in [0.15, 0.2) is 0 Å². The summed E-state index contributed by atoms with van der Waals surface area (Å²) in [5.74, 6) is 0. The van der Waals surface area contributed by atoms with Crippen LogP contribution >= 0.6 is 0 Å². The van der Waals surface area contributed by atoms with Gasteiger partial charge in [0.2, 0.25) is 0 Å². The summed E-state index contributed by atoms with van der Waals surface area (Å²) < 4.78 is 0. The minimum Gasteiger partial charge on any atom is -0.325 e. The maximum absolute atomic E-state index is 5.69. The van der Waals surface area contributed by atoms with E-state index in [9.17, 15) is 0 Å². The first-order chi connectivity index (χ1) is 8.79. The molecule has 0 aliphatic heterocycles. The Morgan fingerprint density at radius 1 is 1.17 bits per heavy atom. The van der Waals surface area contributed by atoms with E-state index >= 15 is 0 Å². The van der Waals surface area contributed by atoms with E-state index in [0.717, 1.165) is 18.8 Å². The quantitative estimate of drug-likeness (QED) is 0.864. The first kappa shape index (κ1) is 12.7.